The second-order valence-electron chi connectivity index (χ2n) is 5.78. The Labute approximate surface area is 116 Å². The topological polar surface area (TPSA) is 20.2 Å². The van der Waals surface area contributed by atoms with Crippen LogP contribution in [0, 0.1) is 0 Å². The number of aryl methyl sites for hydroxylation is 1. The van der Waals surface area contributed by atoms with E-state index in [0.717, 1.165) is 32.1 Å². The zero-order valence-electron chi connectivity index (χ0n) is 12.0. The van der Waals surface area contributed by atoms with Crippen LogP contribution in [0.25, 0.3) is 10.8 Å². The summed E-state index contributed by atoms with van der Waals surface area (Å²) in [7, 11) is 0. The average molecular weight is 256 g/mol. The number of benzene rings is 2. The summed E-state index contributed by atoms with van der Waals surface area (Å²) in [5, 5.41) is 12.9. The van der Waals surface area contributed by atoms with Gasteiger partial charge < -0.3 is 5.11 Å². The third-order valence-corrected chi connectivity index (χ3v) is 3.84. The van der Waals surface area contributed by atoms with E-state index in [2.05, 4.69) is 49.4 Å². The number of aliphatic hydroxyl groups is 1. The van der Waals surface area contributed by atoms with Gasteiger partial charge in [0.2, 0.25) is 0 Å². The van der Waals surface area contributed by atoms with E-state index in [1.165, 1.54) is 16.3 Å². The molecule has 0 aliphatic heterocycles. The van der Waals surface area contributed by atoms with E-state index >= 15 is 0 Å². The number of fused-ring (bicyclic) bond motifs is 1. The first-order chi connectivity index (χ1) is 9.11. The first kappa shape index (κ1) is 14.1. The van der Waals surface area contributed by atoms with Crippen molar-refractivity contribution in [2.45, 2.75) is 51.6 Å². The normalized spacial score (nSPS) is 14.5. The van der Waals surface area contributed by atoms with E-state index in [1.807, 2.05) is 6.92 Å². The van der Waals surface area contributed by atoms with E-state index < -0.39 is 5.60 Å². The van der Waals surface area contributed by atoms with Crippen molar-refractivity contribution in [1.82, 2.24) is 0 Å². The SMILES string of the molecule is CCCCC(C)(O)CCc1ccc2ccccc2c1. The van der Waals surface area contributed by atoms with Gasteiger partial charge in [-0.1, -0.05) is 62.2 Å². The lowest BCUT2D eigenvalue weighted by Gasteiger charge is -2.23. The lowest BCUT2D eigenvalue weighted by Crippen LogP contribution is -2.24. The highest BCUT2D eigenvalue weighted by atomic mass is 16.3. The fraction of sp³-hybridized carbons (Fsp3) is 0.444. The Morgan fingerprint density at radius 3 is 2.47 bits per heavy atom. The third-order valence-electron chi connectivity index (χ3n) is 3.84. The van der Waals surface area contributed by atoms with E-state index in [9.17, 15) is 5.11 Å². The van der Waals surface area contributed by atoms with Crippen molar-refractivity contribution in [3.05, 3.63) is 48.0 Å². The molecule has 2 aromatic rings. The number of hydrogen-bond acceptors (Lipinski definition) is 1. The smallest absolute Gasteiger partial charge is 0.0623 e. The van der Waals surface area contributed by atoms with Crippen LogP contribution in [0.5, 0.6) is 0 Å². The summed E-state index contributed by atoms with van der Waals surface area (Å²) in [6.45, 7) is 4.13. The van der Waals surface area contributed by atoms with Crippen molar-refractivity contribution >= 4 is 10.8 Å². The van der Waals surface area contributed by atoms with Crippen molar-refractivity contribution < 1.29 is 5.11 Å². The molecule has 2 aromatic carbocycles. The summed E-state index contributed by atoms with van der Waals surface area (Å²) in [5.74, 6) is 0. The van der Waals surface area contributed by atoms with Gasteiger partial charge in [-0.15, -0.1) is 0 Å². The molecule has 0 aliphatic carbocycles. The minimum absolute atomic E-state index is 0.526. The van der Waals surface area contributed by atoms with Crippen molar-refractivity contribution in [2.75, 3.05) is 0 Å². The van der Waals surface area contributed by atoms with Crippen LogP contribution in [0.2, 0.25) is 0 Å². The Balaban J connectivity index is 2.01. The molecule has 2 rings (SSSR count). The predicted molar refractivity (Wildman–Crippen MR) is 82.4 cm³/mol. The largest absolute Gasteiger partial charge is 0.390 e. The minimum Gasteiger partial charge on any atom is -0.390 e. The molecule has 0 aliphatic rings. The highest BCUT2D eigenvalue weighted by Crippen LogP contribution is 2.22. The van der Waals surface area contributed by atoms with Crippen molar-refractivity contribution in [3.63, 3.8) is 0 Å². The highest BCUT2D eigenvalue weighted by Gasteiger charge is 2.18. The van der Waals surface area contributed by atoms with Gasteiger partial charge in [0.25, 0.3) is 0 Å². The van der Waals surface area contributed by atoms with Crippen LogP contribution in [0.15, 0.2) is 42.5 Å². The van der Waals surface area contributed by atoms with Crippen LogP contribution in [0.1, 0.15) is 45.1 Å². The fourth-order valence-corrected chi connectivity index (χ4v) is 2.49. The quantitative estimate of drug-likeness (QED) is 0.793. The number of rotatable bonds is 6. The maximum atomic E-state index is 10.3. The van der Waals surface area contributed by atoms with Crippen LogP contribution in [0.4, 0.5) is 0 Å². The van der Waals surface area contributed by atoms with Gasteiger partial charge in [0.05, 0.1) is 5.60 Å². The Morgan fingerprint density at radius 2 is 1.74 bits per heavy atom. The maximum absolute atomic E-state index is 10.3. The van der Waals surface area contributed by atoms with Gasteiger partial charge in [-0.2, -0.15) is 0 Å². The standard InChI is InChI=1S/C18H24O/c1-3-4-12-18(2,19)13-11-15-9-10-16-7-5-6-8-17(16)14-15/h5-10,14,19H,3-4,11-13H2,1-2H3. The molecule has 0 radical (unpaired) electrons. The van der Waals surface area contributed by atoms with Crippen LogP contribution in [-0.4, -0.2) is 10.7 Å². The molecule has 0 amide bonds. The predicted octanol–water partition coefficient (Wildman–Crippen LogP) is 4.71. The lowest BCUT2D eigenvalue weighted by atomic mass is 9.91. The zero-order chi connectivity index (χ0) is 13.7. The second kappa shape index (κ2) is 6.21. The summed E-state index contributed by atoms with van der Waals surface area (Å²) in [4.78, 5) is 0. The van der Waals surface area contributed by atoms with Crippen LogP contribution >= 0.6 is 0 Å². The summed E-state index contributed by atoms with van der Waals surface area (Å²) in [5.41, 5.74) is 0.789. The van der Waals surface area contributed by atoms with E-state index in [1.54, 1.807) is 0 Å². The van der Waals surface area contributed by atoms with Crippen LogP contribution < -0.4 is 0 Å². The first-order valence-corrected chi connectivity index (χ1v) is 7.31. The minimum atomic E-state index is -0.526. The molecule has 1 heteroatoms. The molecule has 0 aromatic heterocycles. The molecule has 1 N–H and O–H groups in total. The Morgan fingerprint density at radius 1 is 1.00 bits per heavy atom. The molecule has 1 nitrogen and oxygen atoms in total. The molecular weight excluding hydrogens is 232 g/mol. The summed E-state index contributed by atoms with van der Waals surface area (Å²) in [6, 6.07) is 15.0. The Bertz CT molecular complexity index is 528. The lowest BCUT2D eigenvalue weighted by molar-refractivity contribution is 0.0401. The summed E-state index contributed by atoms with van der Waals surface area (Å²) >= 11 is 0. The molecule has 0 spiro atoms. The first-order valence-electron chi connectivity index (χ1n) is 7.31. The molecule has 19 heavy (non-hydrogen) atoms. The number of unbranched alkanes of at least 4 members (excludes halogenated alkanes) is 1. The van der Waals surface area contributed by atoms with Gasteiger partial charge >= 0.3 is 0 Å². The van der Waals surface area contributed by atoms with Crippen molar-refractivity contribution in [1.29, 1.82) is 0 Å². The van der Waals surface area contributed by atoms with Crippen molar-refractivity contribution in [2.24, 2.45) is 0 Å². The molecule has 0 bridgehead atoms. The fourth-order valence-electron chi connectivity index (χ4n) is 2.49. The monoisotopic (exact) mass is 256 g/mol. The Hall–Kier alpha value is -1.34. The molecule has 102 valence electrons. The average Bonchev–Trinajstić information content (AvgIpc) is 2.43. The number of hydrogen-bond donors (Lipinski definition) is 1. The molecule has 0 saturated heterocycles. The van der Waals surface area contributed by atoms with Crippen LogP contribution in [0.3, 0.4) is 0 Å². The molecule has 1 atom stereocenters. The molecule has 0 saturated carbocycles. The molecule has 1 unspecified atom stereocenters. The Kier molecular flexibility index (Phi) is 4.60. The van der Waals surface area contributed by atoms with E-state index in [0.29, 0.717) is 0 Å². The van der Waals surface area contributed by atoms with Crippen molar-refractivity contribution in [3.8, 4) is 0 Å². The van der Waals surface area contributed by atoms with E-state index in [4.69, 9.17) is 0 Å². The van der Waals surface area contributed by atoms with E-state index in [-0.39, 0.29) is 0 Å². The highest BCUT2D eigenvalue weighted by molar-refractivity contribution is 5.82. The second-order valence-corrected chi connectivity index (χ2v) is 5.78. The van der Waals surface area contributed by atoms with Gasteiger partial charge in [0, 0.05) is 0 Å². The van der Waals surface area contributed by atoms with Gasteiger partial charge in [-0.3, -0.25) is 0 Å². The van der Waals surface area contributed by atoms with Gasteiger partial charge in [0.15, 0.2) is 0 Å². The van der Waals surface area contributed by atoms with Crippen LogP contribution in [-0.2, 0) is 6.42 Å². The van der Waals surface area contributed by atoms with Gasteiger partial charge in [-0.05, 0) is 42.5 Å². The molecule has 0 heterocycles. The zero-order valence-corrected chi connectivity index (χ0v) is 12.0. The third kappa shape index (κ3) is 4.07. The molecule has 0 fully saturated rings. The maximum Gasteiger partial charge on any atom is 0.0623 e. The van der Waals surface area contributed by atoms with Gasteiger partial charge in [0.1, 0.15) is 0 Å². The summed E-state index contributed by atoms with van der Waals surface area (Å²) in [6.07, 6.45) is 4.93. The molecular formula is C18H24O. The summed E-state index contributed by atoms with van der Waals surface area (Å²) < 4.78 is 0. The van der Waals surface area contributed by atoms with Gasteiger partial charge in [-0.25, -0.2) is 0 Å².